The van der Waals surface area contributed by atoms with E-state index in [2.05, 4.69) is 0 Å². The summed E-state index contributed by atoms with van der Waals surface area (Å²) in [6.45, 7) is 1.61. The number of ether oxygens (including phenoxy) is 1. The molecule has 0 spiro atoms. The van der Waals surface area contributed by atoms with Crippen LogP contribution < -0.4 is 5.73 Å². The molecular formula is C12H15ClFNO2. The fraction of sp³-hybridized carbons (Fsp3) is 0.417. The average Bonchev–Trinajstić information content (AvgIpc) is 2.82. The monoisotopic (exact) mass is 259 g/mol. The zero-order valence-electron chi connectivity index (χ0n) is 9.36. The van der Waals surface area contributed by atoms with Crippen LogP contribution in [0.15, 0.2) is 24.3 Å². The molecule has 0 saturated carbocycles. The van der Waals surface area contributed by atoms with Crippen molar-refractivity contribution < 1.29 is 13.9 Å². The van der Waals surface area contributed by atoms with Crippen LogP contribution in [0.4, 0.5) is 4.39 Å². The van der Waals surface area contributed by atoms with E-state index in [0.717, 1.165) is 19.1 Å². The van der Waals surface area contributed by atoms with Gasteiger partial charge in [-0.25, -0.2) is 4.39 Å². The predicted molar refractivity (Wildman–Crippen MR) is 64.6 cm³/mol. The van der Waals surface area contributed by atoms with E-state index in [-0.39, 0.29) is 5.56 Å². The third-order valence-corrected chi connectivity index (χ3v) is 2.56. The van der Waals surface area contributed by atoms with Gasteiger partial charge in [-0.3, -0.25) is 4.79 Å². The number of carbonyl (C=O) groups is 1. The number of rotatable bonds is 2. The topological polar surface area (TPSA) is 52.3 Å². The van der Waals surface area contributed by atoms with E-state index >= 15 is 0 Å². The smallest absolute Gasteiger partial charge is 0.252 e. The highest BCUT2D eigenvalue weighted by molar-refractivity contribution is 6.67. The largest absolute Gasteiger partial charge is 0.377 e. The number of carbonyl (C=O) groups excluding carboxylic acids is 1. The second-order valence-corrected chi connectivity index (χ2v) is 4.00. The zero-order valence-corrected chi connectivity index (χ0v) is 10.1. The van der Waals surface area contributed by atoms with Crippen molar-refractivity contribution in [2.24, 2.45) is 5.73 Å². The van der Waals surface area contributed by atoms with Gasteiger partial charge in [0, 0.05) is 18.7 Å². The Hall–Kier alpha value is -0.970. The summed E-state index contributed by atoms with van der Waals surface area (Å²) in [7, 11) is 0. The highest BCUT2D eigenvalue weighted by Gasteiger charge is 2.11. The Morgan fingerprint density at radius 2 is 2.35 bits per heavy atom. The van der Waals surface area contributed by atoms with Crippen LogP contribution in [-0.2, 0) is 4.74 Å². The van der Waals surface area contributed by atoms with Crippen LogP contribution in [0.3, 0.4) is 0 Å². The molecule has 1 atom stereocenters. The van der Waals surface area contributed by atoms with Crippen molar-refractivity contribution in [1.29, 1.82) is 0 Å². The Balaban J connectivity index is 0.000000181. The van der Waals surface area contributed by atoms with Crippen LogP contribution in [0.25, 0.3) is 0 Å². The maximum absolute atomic E-state index is 12.3. The standard InChI is InChI=1S/C7H4ClFO.C5H11NO/c8-7(10)5-2-1-3-6(9)4-5;6-4-5-2-1-3-7-5/h1-4H;5H,1-4,6H2. The minimum atomic E-state index is -0.639. The lowest BCUT2D eigenvalue weighted by molar-refractivity contribution is 0.108. The summed E-state index contributed by atoms with van der Waals surface area (Å²) >= 11 is 5.07. The molecule has 1 aliphatic heterocycles. The van der Waals surface area contributed by atoms with Gasteiger partial charge in [0.05, 0.1) is 6.10 Å². The lowest BCUT2D eigenvalue weighted by Gasteiger charge is -2.01. The lowest BCUT2D eigenvalue weighted by atomic mass is 10.2. The Labute approximate surface area is 105 Å². The quantitative estimate of drug-likeness (QED) is 0.830. The van der Waals surface area contributed by atoms with Crippen LogP contribution in [0.5, 0.6) is 0 Å². The molecule has 0 aliphatic carbocycles. The summed E-state index contributed by atoms with van der Waals surface area (Å²) in [5, 5.41) is -0.639. The predicted octanol–water partition coefficient (Wildman–Crippen LogP) is 2.33. The molecule has 1 unspecified atom stereocenters. The molecular weight excluding hydrogens is 245 g/mol. The van der Waals surface area contributed by atoms with E-state index in [1.165, 1.54) is 24.6 Å². The van der Waals surface area contributed by atoms with Crippen molar-refractivity contribution in [3.8, 4) is 0 Å². The Kier molecular flexibility index (Phi) is 6.11. The molecule has 1 aromatic carbocycles. The van der Waals surface area contributed by atoms with Gasteiger partial charge >= 0.3 is 0 Å². The molecule has 94 valence electrons. The molecule has 5 heteroatoms. The third kappa shape index (κ3) is 5.26. The maximum Gasteiger partial charge on any atom is 0.252 e. The summed E-state index contributed by atoms with van der Waals surface area (Å²) in [5.41, 5.74) is 5.49. The number of hydrogen-bond acceptors (Lipinski definition) is 3. The van der Waals surface area contributed by atoms with Crippen LogP contribution >= 0.6 is 11.6 Å². The second kappa shape index (κ2) is 7.37. The zero-order chi connectivity index (χ0) is 12.7. The fourth-order valence-electron chi connectivity index (χ4n) is 1.44. The molecule has 1 aromatic rings. The number of benzene rings is 1. The number of nitrogens with two attached hydrogens (primary N) is 1. The third-order valence-electron chi connectivity index (χ3n) is 2.34. The van der Waals surface area contributed by atoms with E-state index in [1.807, 2.05) is 0 Å². The molecule has 17 heavy (non-hydrogen) atoms. The van der Waals surface area contributed by atoms with Crippen molar-refractivity contribution in [2.75, 3.05) is 13.2 Å². The van der Waals surface area contributed by atoms with Crippen LogP contribution in [0.1, 0.15) is 23.2 Å². The van der Waals surface area contributed by atoms with Crippen molar-refractivity contribution in [1.82, 2.24) is 0 Å². The van der Waals surface area contributed by atoms with Crippen molar-refractivity contribution in [2.45, 2.75) is 18.9 Å². The minimum absolute atomic E-state index is 0.182. The molecule has 0 aromatic heterocycles. The Morgan fingerprint density at radius 1 is 1.59 bits per heavy atom. The molecule has 1 heterocycles. The molecule has 2 rings (SSSR count). The SMILES string of the molecule is NCC1CCCO1.O=C(Cl)c1cccc(F)c1. The molecule has 0 radical (unpaired) electrons. The summed E-state index contributed by atoms with van der Waals surface area (Å²) in [5.74, 6) is -0.452. The second-order valence-electron chi connectivity index (χ2n) is 3.65. The van der Waals surface area contributed by atoms with Gasteiger partial charge in [-0.15, -0.1) is 0 Å². The Bertz CT molecular complexity index is 367. The van der Waals surface area contributed by atoms with E-state index in [9.17, 15) is 9.18 Å². The fourth-order valence-corrected chi connectivity index (χ4v) is 1.56. The minimum Gasteiger partial charge on any atom is -0.377 e. The van der Waals surface area contributed by atoms with Gasteiger partial charge in [-0.05, 0) is 42.6 Å². The van der Waals surface area contributed by atoms with E-state index in [0.29, 0.717) is 12.6 Å². The molecule has 1 fully saturated rings. The molecule has 1 saturated heterocycles. The maximum atomic E-state index is 12.3. The van der Waals surface area contributed by atoms with Crippen LogP contribution in [0.2, 0.25) is 0 Å². The molecule has 3 nitrogen and oxygen atoms in total. The molecule has 1 aliphatic rings. The van der Waals surface area contributed by atoms with Crippen molar-refractivity contribution in [3.05, 3.63) is 35.6 Å². The first kappa shape index (κ1) is 14.1. The first-order valence-electron chi connectivity index (χ1n) is 5.40. The van der Waals surface area contributed by atoms with Crippen molar-refractivity contribution >= 4 is 16.8 Å². The molecule has 0 bridgehead atoms. The summed E-state index contributed by atoms with van der Waals surface area (Å²) in [4.78, 5) is 10.4. The lowest BCUT2D eigenvalue weighted by Crippen LogP contribution is -2.17. The summed E-state index contributed by atoms with van der Waals surface area (Å²) < 4.78 is 17.5. The number of halogens is 2. The van der Waals surface area contributed by atoms with Gasteiger partial charge in [0.25, 0.3) is 5.24 Å². The highest BCUT2D eigenvalue weighted by Crippen LogP contribution is 2.09. The van der Waals surface area contributed by atoms with Gasteiger partial charge in [0.1, 0.15) is 5.82 Å². The number of hydrogen-bond donors (Lipinski definition) is 1. The molecule has 0 amide bonds. The normalized spacial score (nSPS) is 18.4. The average molecular weight is 260 g/mol. The first-order chi connectivity index (χ1) is 8.13. The Morgan fingerprint density at radius 3 is 2.71 bits per heavy atom. The molecule has 2 N–H and O–H groups in total. The highest BCUT2D eigenvalue weighted by atomic mass is 35.5. The summed E-state index contributed by atoms with van der Waals surface area (Å²) in [6.07, 6.45) is 2.73. The van der Waals surface area contributed by atoms with Gasteiger partial charge in [-0.2, -0.15) is 0 Å². The van der Waals surface area contributed by atoms with Gasteiger partial charge in [-0.1, -0.05) is 6.07 Å². The van der Waals surface area contributed by atoms with Crippen LogP contribution in [0, 0.1) is 5.82 Å². The van der Waals surface area contributed by atoms with E-state index in [4.69, 9.17) is 22.1 Å². The van der Waals surface area contributed by atoms with Gasteiger partial charge in [0.15, 0.2) is 0 Å². The first-order valence-corrected chi connectivity index (χ1v) is 5.78. The van der Waals surface area contributed by atoms with E-state index in [1.54, 1.807) is 0 Å². The van der Waals surface area contributed by atoms with Gasteiger partial charge in [0.2, 0.25) is 0 Å². The van der Waals surface area contributed by atoms with E-state index < -0.39 is 11.1 Å². The van der Waals surface area contributed by atoms with Crippen LogP contribution in [-0.4, -0.2) is 24.5 Å². The van der Waals surface area contributed by atoms with Crippen molar-refractivity contribution in [3.63, 3.8) is 0 Å². The summed E-state index contributed by atoms with van der Waals surface area (Å²) in [6, 6.07) is 5.24. The van der Waals surface area contributed by atoms with Gasteiger partial charge < -0.3 is 10.5 Å².